The van der Waals surface area contributed by atoms with Gasteiger partial charge in [0.1, 0.15) is 5.82 Å². The number of anilines is 1. The molecule has 0 aromatic heterocycles. The molecule has 2 fully saturated rings. The molecule has 1 atom stereocenters. The second-order valence-corrected chi connectivity index (χ2v) is 7.67. The maximum absolute atomic E-state index is 14.4. The van der Waals surface area contributed by atoms with Crippen LogP contribution in [0.25, 0.3) is 0 Å². The molecule has 0 radical (unpaired) electrons. The molecule has 3 aliphatic rings. The largest absolute Gasteiger partial charge is 0.379 e. The molecule has 1 aromatic carbocycles. The third-order valence-electron chi connectivity index (χ3n) is 6.11. The van der Waals surface area contributed by atoms with Crippen molar-refractivity contribution in [2.75, 3.05) is 18.4 Å². The van der Waals surface area contributed by atoms with Gasteiger partial charge in [-0.15, -0.1) is 0 Å². The fourth-order valence-electron chi connectivity index (χ4n) is 4.86. The minimum atomic E-state index is -0.676. The van der Waals surface area contributed by atoms with Crippen LogP contribution in [0.15, 0.2) is 12.1 Å². The van der Waals surface area contributed by atoms with E-state index in [1.54, 1.807) is 11.5 Å². The predicted octanol–water partition coefficient (Wildman–Crippen LogP) is 2.45. The lowest BCUT2D eigenvalue weighted by Gasteiger charge is -2.53. The van der Waals surface area contributed by atoms with E-state index < -0.39 is 11.7 Å². The number of fused-ring (bicyclic) bond motifs is 1. The monoisotopic (exact) mass is 333 g/mol. The molecule has 1 spiro atoms. The third-order valence-corrected chi connectivity index (χ3v) is 6.11. The van der Waals surface area contributed by atoms with Gasteiger partial charge in [0.25, 0.3) is 5.91 Å². The molecule has 1 aliphatic carbocycles. The van der Waals surface area contributed by atoms with Gasteiger partial charge in [-0.3, -0.25) is 10.0 Å². The fourth-order valence-corrected chi connectivity index (χ4v) is 4.86. The molecule has 2 aliphatic heterocycles. The van der Waals surface area contributed by atoms with Crippen LogP contribution >= 0.6 is 0 Å². The first-order valence-corrected chi connectivity index (χ1v) is 8.84. The standard InChI is InChI=1S/C18H24FN3O2/c19-14-7-12(17(23)22-24)6-11-2-3-15(21-16(11)14)13-8-18(9-13)4-1-5-20-10-18/h6-7,13,15,20-21,24H,1-5,8-10H2,(H,22,23)/t13-,15?,18-. The van der Waals surface area contributed by atoms with Crippen LogP contribution < -0.4 is 16.1 Å². The summed E-state index contributed by atoms with van der Waals surface area (Å²) in [6.45, 7) is 2.26. The van der Waals surface area contributed by atoms with Crippen molar-refractivity contribution in [3.63, 3.8) is 0 Å². The van der Waals surface area contributed by atoms with Gasteiger partial charge in [0, 0.05) is 18.2 Å². The zero-order valence-corrected chi connectivity index (χ0v) is 13.7. The SMILES string of the molecule is O=C(NO)c1cc(F)c2c(c1)CCC([C@H]1C[C@@]3(CCCNC3)C1)N2. The van der Waals surface area contributed by atoms with E-state index in [1.165, 1.54) is 31.7 Å². The highest BCUT2D eigenvalue weighted by molar-refractivity contribution is 5.94. The summed E-state index contributed by atoms with van der Waals surface area (Å²) in [5.74, 6) is -0.480. The van der Waals surface area contributed by atoms with E-state index >= 15 is 0 Å². The van der Waals surface area contributed by atoms with Gasteiger partial charge in [-0.25, -0.2) is 9.87 Å². The maximum Gasteiger partial charge on any atom is 0.274 e. The minimum Gasteiger partial charge on any atom is -0.379 e. The van der Waals surface area contributed by atoms with Gasteiger partial charge >= 0.3 is 0 Å². The van der Waals surface area contributed by atoms with E-state index in [1.807, 2.05) is 0 Å². The number of carbonyl (C=O) groups is 1. The molecule has 1 amide bonds. The zero-order chi connectivity index (χ0) is 16.7. The molecule has 5 nitrogen and oxygen atoms in total. The van der Waals surface area contributed by atoms with E-state index in [2.05, 4.69) is 10.6 Å². The molecule has 4 rings (SSSR count). The average molecular weight is 333 g/mol. The summed E-state index contributed by atoms with van der Waals surface area (Å²) in [5.41, 5.74) is 3.55. The fraction of sp³-hybridized carbons (Fsp3) is 0.611. The van der Waals surface area contributed by atoms with Crippen LogP contribution in [-0.4, -0.2) is 30.2 Å². The number of amides is 1. The number of halogens is 1. The van der Waals surface area contributed by atoms with Crippen LogP contribution in [0.3, 0.4) is 0 Å². The zero-order valence-electron chi connectivity index (χ0n) is 13.7. The number of carbonyl (C=O) groups excluding carboxylic acids is 1. The van der Waals surface area contributed by atoms with Crippen molar-refractivity contribution in [2.24, 2.45) is 11.3 Å². The van der Waals surface area contributed by atoms with Crippen LogP contribution in [0.1, 0.15) is 48.0 Å². The first kappa shape index (κ1) is 15.8. The minimum absolute atomic E-state index is 0.157. The van der Waals surface area contributed by atoms with Crippen molar-refractivity contribution in [1.82, 2.24) is 10.8 Å². The molecule has 4 N–H and O–H groups in total. The van der Waals surface area contributed by atoms with Gasteiger partial charge in [-0.1, -0.05) is 0 Å². The molecule has 130 valence electrons. The Hall–Kier alpha value is -1.66. The molecule has 1 unspecified atom stereocenters. The van der Waals surface area contributed by atoms with Crippen molar-refractivity contribution in [3.05, 3.63) is 29.1 Å². The summed E-state index contributed by atoms with van der Waals surface area (Å²) < 4.78 is 14.4. The van der Waals surface area contributed by atoms with Crippen molar-refractivity contribution < 1.29 is 14.4 Å². The number of hydrogen-bond acceptors (Lipinski definition) is 4. The Bertz CT molecular complexity index is 650. The van der Waals surface area contributed by atoms with Gasteiger partial charge in [0.15, 0.2) is 0 Å². The highest BCUT2D eigenvalue weighted by Gasteiger charge is 2.47. The second kappa shape index (κ2) is 6.01. The Kier molecular flexibility index (Phi) is 3.96. The second-order valence-electron chi connectivity index (χ2n) is 7.67. The van der Waals surface area contributed by atoms with Crippen LogP contribution in [-0.2, 0) is 6.42 Å². The lowest BCUT2D eigenvalue weighted by Crippen LogP contribution is -2.53. The summed E-state index contributed by atoms with van der Waals surface area (Å²) in [6, 6.07) is 3.17. The van der Waals surface area contributed by atoms with Crippen molar-refractivity contribution in [2.45, 2.75) is 44.6 Å². The van der Waals surface area contributed by atoms with Crippen LogP contribution in [0.2, 0.25) is 0 Å². The molecular formula is C18H24FN3O2. The number of benzene rings is 1. The van der Waals surface area contributed by atoms with E-state index in [0.29, 0.717) is 23.1 Å². The smallest absolute Gasteiger partial charge is 0.274 e. The first-order chi connectivity index (χ1) is 11.6. The molecule has 1 aromatic rings. The first-order valence-electron chi connectivity index (χ1n) is 8.84. The number of piperidine rings is 1. The van der Waals surface area contributed by atoms with Gasteiger partial charge in [0.05, 0.1) is 5.69 Å². The van der Waals surface area contributed by atoms with Gasteiger partial charge in [-0.2, -0.15) is 0 Å². The van der Waals surface area contributed by atoms with Crippen molar-refractivity contribution in [3.8, 4) is 0 Å². The Balaban J connectivity index is 1.46. The molecule has 2 heterocycles. The van der Waals surface area contributed by atoms with Crippen LogP contribution in [0.4, 0.5) is 10.1 Å². The molecule has 6 heteroatoms. The van der Waals surface area contributed by atoms with Crippen molar-refractivity contribution >= 4 is 11.6 Å². The molecular weight excluding hydrogens is 309 g/mol. The van der Waals surface area contributed by atoms with Crippen LogP contribution in [0, 0.1) is 17.2 Å². The lowest BCUT2D eigenvalue weighted by molar-refractivity contribution is 0.0163. The summed E-state index contributed by atoms with van der Waals surface area (Å²) in [4.78, 5) is 11.5. The lowest BCUT2D eigenvalue weighted by atomic mass is 9.56. The van der Waals surface area contributed by atoms with Gasteiger partial charge in [0.2, 0.25) is 0 Å². The molecule has 1 saturated heterocycles. The normalized spacial score (nSPS) is 31.8. The molecule has 24 heavy (non-hydrogen) atoms. The average Bonchev–Trinajstić information content (AvgIpc) is 2.59. The summed E-state index contributed by atoms with van der Waals surface area (Å²) in [6.07, 6.45) is 6.74. The Labute approximate surface area is 141 Å². The Morgan fingerprint density at radius 1 is 1.38 bits per heavy atom. The predicted molar refractivity (Wildman–Crippen MR) is 88.6 cm³/mol. The third kappa shape index (κ3) is 2.67. The van der Waals surface area contributed by atoms with Crippen molar-refractivity contribution in [1.29, 1.82) is 0 Å². The van der Waals surface area contributed by atoms with E-state index in [-0.39, 0.29) is 5.56 Å². The van der Waals surface area contributed by atoms with E-state index in [4.69, 9.17) is 5.21 Å². The summed E-state index contributed by atoms with van der Waals surface area (Å²) >= 11 is 0. The van der Waals surface area contributed by atoms with Crippen LogP contribution in [0.5, 0.6) is 0 Å². The topological polar surface area (TPSA) is 73.4 Å². The van der Waals surface area contributed by atoms with Gasteiger partial charge < -0.3 is 10.6 Å². The Morgan fingerprint density at radius 2 is 2.21 bits per heavy atom. The summed E-state index contributed by atoms with van der Waals surface area (Å²) in [5, 5.41) is 15.6. The Morgan fingerprint density at radius 3 is 2.92 bits per heavy atom. The highest BCUT2D eigenvalue weighted by atomic mass is 19.1. The number of hydroxylamine groups is 1. The van der Waals surface area contributed by atoms with E-state index in [9.17, 15) is 9.18 Å². The maximum atomic E-state index is 14.4. The number of hydrogen-bond donors (Lipinski definition) is 4. The quantitative estimate of drug-likeness (QED) is 0.495. The molecule has 1 saturated carbocycles. The highest BCUT2D eigenvalue weighted by Crippen LogP contribution is 2.52. The number of nitrogens with one attached hydrogen (secondary N) is 3. The summed E-state index contributed by atoms with van der Waals surface area (Å²) in [7, 11) is 0. The number of rotatable bonds is 2. The van der Waals surface area contributed by atoms with E-state index in [0.717, 1.165) is 31.5 Å². The number of aryl methyl sites for hydroxylation is 1. The van der Waals surface area contributed by atoms with Gasteiger partial charge in [-0.05, 0) is 74.1 Å². The molecule has 0 bridgehead atoms.